The van der Waals surface area contributed by atoms with Gasteiger partial charge in [-0.3, -0.25) is 9.78 Å². The highest BCUT2D eigenvalue weighted by Gasteiger charge is 2.04. The van der Waals surface area contributed by atoms with Crippen molar-refractivity contribution in [1.82, 2.24) is 10.3 Å². The normalized spacial score (nSPS) is 10.8. The van der Waals surface area contributed by atoms with Crippen molar-refractivity contribution < 1.29 is 4.79 Å². The van der Waals surface area contributed by atoms with Crippen molar-refractivity contribution in [3.63, 3.8) is 0 Å². The van der Waals surface area contributed by atoms with Crippen molar-refractivity contribution in [2.75, 3.05) is 18.4 Å². The van der Waals surface area contributed by atoms with E-state index >= 15 is 0 Å². The van der Waals surface area contributed by atoms with Gasteiger partial charge in [0.25, 0.3) is 0 Å². The molecule has 0 radical (unpaired) electrons. The summed E-state index contributed by atoms with van der Waals surface area (Å²) < 4.78 is 0. The zero-order valence-electron chi connectivity index (χ0n) is 13.4. The summed E-state index contributed by atoms with van der Waals surface area (Å²) in [6.07, 6.45) is 4.26. The number of halogens is 2. The number of anilines is 1. The molecule has 0 spiro atoms. The molecule has 25 heavy (non-hydrogen) atoms. The maximum atomic E-state index is 12.0. The van der Waals surface area contributed by atoms with Crippen LogP contribution in [0.4, 0.5) is 5.69 Å². The van der Waals surface area contributed by atoms with E-state index in [1.807, 2.05) is 36.4 Å². The minimum atomic E-state index is -0.0874. The van der Waals surface area contributed by atoms with Crippen LogP contribution in [-0.4, -0.2) is 24.0 Å². The highest BCUT2D eigenvalue weighted by atomic mass is 35.5. The van der Waals surface area contributed by atoms with Crippen LogP contribution in [-0.2, 0) is 11.2 Å². The van der Waals surface area contributed by atoms with Crippen LogP contribution in [0.15, 0.2) is 54.9 Å². The minimum Gasteiger partial charge on any atom is -0.325 e. The summed E-state index contributed by atoms with van der Waals surface area (Å²) in [5.41, 5.74) is 1.77. The molecule has 6 heteroatoms. The van der Waals surface area contributed by atoms with E-state index in [9.17, 15) is 4.79 Å². The largest absolute Gasteiger partial charge is 0.325 e. The van der Waals surface area contributed by atoms with Gasteiger partial charge in [0.2, 0.25) is 5.91 Å². The second-order valence-corrected chi connectivity index (χ2v) is 6.49. The van der Waals surface area contributed by atoms with Crippen molar-refractivity contribution in [2.24, 2.45) is 0 Å². The van der Waals surface area contributed by atoms with Gasteiger partial charge in [-0.1, -0.05) is 35.3 Å². The maximum absolute atomic E-state index is 12.0. The number of nitrogens with zero attached hydrogens (tertiary/aromatic N) is 1. The van der Waals surface area contributed by atoms with Crippen molar-refractivity contribution >= 4 is 45.6 Å². The summed E-state index contributed by atoms with van der Waals surface area (Å²) in [7, 11) is 0. The Kier molecular flexibility index (Phi) is 5.87. The quantitative estimate of drug-likeness (QED) is 0.632. The fraction of sp³-hybridized carbons (Fsp3) is 0.158. The molecule has 0 saturated heterocycles. The molecule has 0 aliphatic rings. The Morgan fingerprint density at radius 3 is 2.76 bits per heavy atom. The van der Waals surface area contributed by atoms with Crippen LogP contribution < -0.4 is 10.6 Å². The van der Waals surface area contributed by atoms with Gasteiger partial charge in [-0.05, 0) is 54.2 Å². The van der Waals surface area contributed by atoms with E-state index in [0.29, 0.717) is 16.6 Å². The van der Waals surface area contributed by atoms with Crippen LogP contribution in [0.25, 0.3) is 10.8 Å². The molecule has 0 unspecified atom stereocenters. The summed E-state index contributed by atoms with van der Waals surface area (Å²) in [4.78, 5) is 16.1. The molecule has 0 aliphatic carbocycles. The Balaban J connectivity index is 1.47. The maximum Gasteiger partial charge on any atom is 0.238 e. The lowest BCUT2D eigenvalue weighted by atomic mass is 10.1. The first-order valence-electron chi connectivity index (χ1n) is 7.90. The van der Waals surface area contributed by atoms with Crippen LogP contribution in [0.1, 0.15) is 5.56 Å². The third-order valence-electron chi connectivity index (χ3n) is 3.80. The first-order chi connectivity index (χ1) is 12.1. The Morgan fingerprint density at radius 1 is 1.04 bits per heavy atom. The number of fused-ring (bicyclic) bond motifs is 1. The van der Waals surface area contributed by atoms with Crippen molar-refractivity contribution in [1.29, 1.82) is 0 Å². The van der Waals surface area contributed by atoms with Crippen molar-refractivity contribution in [3.05, 3.63) is 70.5 Å². The van der Waals surface area contributed by atoms with E-state index in [0.717, 1.165) is 28.4 Å². The molecule has 1 aromatic heterocycles. The van der Waals surface area contributed by atoms with Crippen molar-refractivity contribution in [3.8, 4) is 0 Å². The fourth-order valence-electron chi connectivity index (χ4n) is 2.52. The minimum absolute atomic E-state index is 0.0874. The molecule has 0 fully saturated rings. The van der Waals surface area contributed by atoms with Gasteiger partial charge in [0.1, 0.15) is 0 Å². The molecule has 3 rings (SSSR count). The van der Waals surface area contributed by atoms with Gasteiger partial charge < -0.3 is 10.6 Å². The Labute approximate surface area is 156 Å². The SMILES string of the molecule is O=C(CNCCc1ccc(Cl)cc1Cl)Nc1ccc2cnccc2c1. The fourth-order valence-corrected chi connectivity index (χ4v) is 3.02. The number of amides is 1. The van der Waals surface area contributed by atoms with Crippen molar-refractivity contribution in [2.45, 2.75) is 6.42 Å². The van der Waals surface area contributed by atoms with Crippen LogP contribution in [0.2, 0.25) is 10.0 Å². The van der Waals surface area contributed by atoms with E-state index in [-0.39, 0.29) is 12.5 Å². The van der Waals surface area contributed by atoms with E-state index in [2.05, 4.69) is 15.6 Å². The molecule has 0 aliphatic heterocycles. The molecule has 3 aromatic rings. The highest BCUT2D eigenvalue weighted by Crippen LogP contribution is 2.21. The Hall–Kier alpha value is -2.14. The smallest absolute Gasteiger partial charge is 0.238 e. The molecule has 0 atom stereocenters. The number of hydrogen-bond acceptors (Lipinski definition) is 3. The summed E-state index contributed by atoms with van der Waals surface area (Å²) in [6.45, 7) is 0.887. The highest BCUT2D eigenvalue weighted by molar-refractivity contribution is 6.35. The number of nitrogens with one attached hydrogen (secondary N) is 2. The van der Waals surface area contributed by atoms with E-state index in [1.54, 1.807) is 18.5 Å². The average Bonchev–Trinajstić information content (AvgIpc) is 2.60. The molecule has 2 aromatic carbocycles. The predicted octanol–water partition coefficient (Wildman–Crippen LogP) is 4.31. The zero-order chi connectivity index (χ0) is 17.6. The molecule has 0 bridgehead atoms. The number of pyridine rings is 1. The molecule has 4 nitrogen and oxygen atoms in total. The molecule has 0 saturated carbocycles. The molecular weight excluding hydrogens is 357 g/mol. The summed E-state index contributed by atoms with van der Waals surface area (Å²) in [5, 5.41) is 9.35. The third kappa shape index (κ3) is 4.92. The first-order valence-corrected chi connectivity index (χ1v) is 8.66. The van der Waals surface area contributed by atoms with Gasteiger partial charge >= 0.3 is 0 Å². The monoisotopic (exact) mass is 373 g/mol. The number of benzene rings is 2. The van der Waals surface area contributed by atoms with E-state index in [1.165, 1.54) is 0 Å². The topological polar surface area (TPSA) is 54.0 Å². The lowest BCUT2D eigenvalue weighted by molar-refractivity contribution is -0.115. The molecule has 2 N–H and O–H groups in total. The van der Waals surface area contributed by atoms with Gasteiger partial charge in [0.05, 0.1) is 6.54 Å². The standard InChI is InChI=1S/C19H17Cl2N3O/c20-16-3-1-13(18(21)10-16)5-7-23-12-19(25)24-17-4-2-15-11-22-8-6-14(15)9-17/h1-4,6,8-11,23H,5,7,12H2,(H,24,25). The third-order valence-corrected chi connectivity index (χ3v) is 4.38. The number of carbonyl (C=O) groups is 1. The lowest BCUT2D eigenvalue weighted by Crippen LogP contribution is -2.29. The number of rotatable bonds is 6. The lowest BCUT2D eigenvalue weighted by Gasteiger charge is -2.08. The second kappa shape index (κ2) is 8.30. The summed E-state index contributed by atoms with van der Waals surface area (Å²) in [5.74, 6) is -0.0874. The van der Waals surface area contributed by atoms with Gasteiger partial charge in [-0.2, -0.15) is 0 Å². The summed E-state index contributed by atoms with van der Waals surface area (Å²) in [6, 6.07) is 13.1. The van der Waals surface area contributed by atoms with Gasteiger partial charge in [0.15, 0.2) is 0 Å². The first kappa shape index (κ1) is 17.7. The molecular formula is C19H17Cl2N3O. The Morgan fingerprint density at radius 2 is 1.92 bits per heavy atom. The van der Waals surface area contributed by atoms with Crippen LogP contribution in [0, 0.1) is 0 Å². The average molecular weight is 374 g/mol. The Bertz CT molecular complexity index is 899. The van der Waals surface area contributed by atoms with Gasteiger partial charge in [0, 0.05) is 33.5 Å². The van der Waals surface area contributed by atoms with Crippen LogP contribution in [0.3, 0.4) is 0 Å². The predicted molar refractivity (Wildman–Crippen MR) is 103 cm³/mol. The molecule has 128 valence electrons. The van der Waals surface area contributed by atoms with E-state index in [4.69, 9.17) is 23.2 Å². The van der Waals surface area contributed by atoms with E-state index < -0.39 is 0 Å². The van der Waals surface area contributed by atoms with Crippen LogP contribution >= 0.6 is 23.2 Å². The van der Waals surface area contributed by atoms with Gasteiger partial charge in [-0.25, -0.2) is 0 Å². The zero-order valence-corrected chi connectivity index (χ0v) is 14.9. The number of aromatic nitrogens is 1. The second-order valence-electron chi connectivity index (χ2n) is 5.65. The molecule has 1 heterocycles. The number of hydrogen-bond donors (Lipinski definition) is 2. The van der Waals surface area contributed by atoms with Crippen LogP contribution in [0.5, 0.6) is 0 Å². The number of carbonyl (C=O) groups excluding carboxylic acids is 1. The molecule has 1 amide bonds. The summed E-state index contributed by atoms with van der Waals surface area (Å²) >= 11 is 12.0. The van der Waals surface area contributed by atoms with Gasteiger partial charge in [-0.15, -0.1) is 0 Å².